The average Bonchev–Trinajstić information content (AvgIpc) is 2.76. The number of ether oxygens (including phenoxy) is 2. The Balaban J connectivity index is 1.56. The molecule has 0 saturated heterocycles. The molecule has 156 valence electrons. The summed E-state index contributed by atoms with van der Waals surface area (Å²) in [5, 5.41) is 2.92. The van der Waals surface area contributed by atoms with E-state index >= 15 is 0 Å². The van der Waals surface area contributed by atoms with E-state index in [1.807, 2.05) is 48.5 Å². The Hall–Kier alpha value is -2.79. The number of rotatable bonds is 10. The summed E-state index contributed by atoms with van der Waals surface area (Å²) in [6.45, 7) is 3.36. The molecule has 0 spiro atoms. The van der Waals surface area contributed by atoms with Gasteiger partial charge in [-0.05, 0) is 58.2 Å². The Kier molecular flexibility index (Phi) is 8.33. The van der Waals surface area contributed by atoms with Crippen LogP contribution < -0.4 is 14.8 Å². The van der Waals surface area contributed by atoms with Gasteiger partial charge >= 0.3 is 0 Å². The van der Waals surface area contributed by atoms with E-state index in [0.29, 0.717) is 30.2 Å². The average molecular weight is 468 g/mol. The lowest BCUT2D eigenvalue weighted by molar-refractivity contribution is 0.102. The van der Waals surface area contributed by atoms with Crippen molar-refractivity contribution >= 4 is 27.5 Å². The van der Waals surface area contributed by atoms with Crippen molar-refractivity contribution in [1.82, 2.24) is 0 Å². The first kappa shape index (κ1) is 21.9. The Labute approximate surface area is 186 Å². The van der Waals surface area contributed by atoms with Gasteiger partial charge in [0, 0.05) is 23.7 Å². The van der Waals surface area contributed by atoms with E-state index in [0.717, 1.165) is 29.5 Å². The maximum atomic E-state index is 12.6. The van der Waals surface area contributed by atoms with E-state index in [-0.39, 0.29) is 5.91 Å². The lowest BCUT2D eigenvalue weighted by Gasteiger charge is -2.11. The molecule has 0 atom stereocenters. The highest BCUT2D eigenvalue weighted by atomic mass is 79.9. The van der Waals surface area contributed by atoms with Crippen LogP contribution in [0.1, 0.15) is 35.7 Å². The Morgan fingerprint density at radius 1 is 0.933 bits per heavy atom. The van der Waals surface area contributed by atoms with Crippen molar-refractivity contribution in [2.45, 2.75) is 26.2 Å². The summed E-state index contributed by atoms with van der Waals surface area (Å²) in [6.07, 6.45) is 2.91. The van der Waals surface area contributed by atoms with Gasteiger partial charge in [0.2, 0.25) is 0 Å². The van der Waals surface area contributed by atoms with Crippen molar-refractivity contribution in [2.24, 2.45) is 0 Å². The van der Waals surface area contributed by atoms with Gasteiger partial charge in [-0.15, -0.1) is 0 Å². The van der Waals surface area contributed by atoms with Crippen molar-refractivity contribution in [3.8, 4) is 11.5 Å². The molecule has 0 saturated carbocycles. The number of carbonyl (C=O) groups is 1. The monoisotopic (exact) mass is 467 g/mol. The normalized spacial score (nSPS) is 10.5. The van der Waals surface area contributed by atoms with Crippen molar-refractivity contribution in [3.63, 3.8) is 0 Å². The number of nitrogens with one attached hydrogen (secondary N) is 1. The SMILES string of the molecule is CCCCOc1cccc(NC(=O)c2ccc(OCCc3ccccc3)c(Br)c2)c1. The summed E-state index contributed by atoms with van der Waals surface area (Å²) in [5.41, 5.74) is 2.48. The molecule has 3 rings (SSSR count). The van der Waals surface area contributed by atoms with Crippen molar-refractivity contribution in [1.29, 1.82) is 0 Å². The maximum Gasteiger partial charge on any atom is 0.255 e. The second kappa shape index (κ2) is 11.4. The number of hydrogen-bond acceptors (Lipinski definition) is 3. The first-order valence-corrected chi connectivity index (χ1v) is 11.0. The van der Waals surface area contributed by atoms with Gasteiger partial charge in [-0.3, -0.25) is 4.79 Å². The molecule has 0 radical (unpaired) electrons. The van der Waals surface area contributed by atoms with Crippen LogP contribution in [0.5, 0.6) is 11.5 Å². The third kappa shape index (κ3) is 6.63. The minimum Gasteiger partial charge on any atom is -0.494 e. The summed E-state index contributed by atoms with van der Waals surface area (Å²) in [5.74, 6) is 1.29. The first-order valence-electron chi connectivity index (χ1n) is 10.2. The largest absolute Gasteiger partial charge is 0.494 e. The van der Waals surface area contributed by atoms with Gasteiger partial charge in [-0.1, -0.05) is 49.7 Å². The molecule has 1 amide bonds. The van der Waals surface area contributed by atoms with Crippen LogP contribution in [0.3, 0.4) is 0 Å². The van der Waals surface area contributed by atoms with Crippen LogP contribution in [0.4, 0.5) is 5.69 Å². The van der Waals surface area contributed by atoms with Gasteiger partial charge in [-0.2, -0.15) is 0 Å². The number of anilines is 1. The maximum absolute atomic E-state index is 12.6. The zero-order valence-electron chi connectivity index (χ0n) is 17.1. The fourth-order valence-corrected chi connectivity index (χ4v) is 3.38. The van der Waals surface area contributed by atoms with Gasteiger partial charge in [0.05, 0.1) is 17.7 Å². The lowest BCUT2D eigenvalue weighted by atomic mass is 10.1. The van der Waals surface area contributed by atoms with E-state index in [4.69, 9.17) is 9.47 Å². The summed E-state index contributed by atoms with van der Waals surface area (Å²) >= 11 is 3.51. The molecule has 1 N–H and O–H groups in total. The molecule has 0 fully saturated rings. The molecule has 0 bridgehead atoms. The van der Waals surface area contributed by atoms with Crippen molar-refractivity contribution in [2.75, 3.05) is 18.5 Å². The van der Waals surface area contributed by atoms with E-state index in [1.165, 1.54) is 5.56 Å². The van der Waals surface area contributed by atoms with Gasteiger partial charge < -0.3 is 14.8 Å². The Morgan fingerprint density at radius 2 is 1.77 bits per heavy atom. The molecule has 5 heteroatoms. The molecule has 0 heterocycles. The topological polar surface area (TPSA) is 47.6 Å². The summed E-state index contributed by atoms with van der Waals surface area (Å²) in [7, 11) is 0. The van der Waals surface area contributed by atoms with Gasteiger partial charge in [0.15, 0.2) is 0 Å². The first-order chi connectivity index (χ1) is 14.7. The van der Waals surface area contributed by atoms with E-state index < -0.39 is 0 Å². The van der Waals surface area contributed by atoms with Crippen LogP contribution in [-0.2, 0) is 6.42 Å². The minimum absolute atomic E-state index is 0.183. The molecule has 0 unspecified atom stereocenters. The predicted molar refractivity (Wildman–Crippen MR) is 125 cm³/mol. The van der Waals surface area contributed by atoms with Crippen LogP contribution in [0.25, 0.3) is 0 Å². The lowest BCUT2D eigenvalue weighted by Crippen LogP contribution is -2.12. The second-order valence-electron chi connectivity index (χ2n) is 6.91. The standard InChI is InChI=1S/C25H26BrNO3/c1-2-3-15-29-22-11-7-10-21(18-22)27-25(28)20-12-13-24(23(26)17-20)30-16-14-19-8-5-4-6-9-19/h4-13,17-18H,2-3,14-16H2,1H3,(H,27,28). The highest BCUT2D eigenvalue weighted by Crippen LogP contribution is 2.27. The zero-order valence-corrected chi connectivity index (χ0v) is 18.7. The van der Waals surface area contributed by atoms with Crippen LogP contribution >= 0.6 is 15.9 Å². The van der Waals surface area contributed by atoms with Crippen LogP contribution in [-0.4, -0.2) is 19.1 Å². The van der Waals surface area contributed by atoms with Gasteiger partial charge in [0.1, 0.15) is 11.5 Å². The van der Waals surface area contributed by atoms with Crippen molar-refractivity contribution in [3.05, 3.63) is 88.4 Å². The van der Waals surface area contributed by atoms with Crippen molar-refractivity contribution < 1.29 is 14.3 Å². The predicted octanol–water partition coefficient (Wildman–Crippen LogP) is 6.50. The molecule has 0 aliphatic rings. The van der Waals surface area contributed by atoms with E-state index in [9.17, 15) is 4.79 Å². The fraction of sp³-hybridized carbons (Fsp3) is 0.240. The summed E-state index contributed by atoms with van der Waals surface area (Å²) in [4.78, 5) is 12.6. The van der Waals surface area contributed by atoms with Gasteiger partial charge in [0.25, 0.3) is 5.91 Å². The zero-order chi connectivity index (χ0) is 21.2. The third-order valence-corrected chi connectivity index (χ3v) is 5.16. The highest BCUT2D eigenvalue weighted by molar-refractivity contribution is 9.10. The molecule has 30 heavy (non-hydrogen) atoms. The smallest absolute Gasteiger partial charge is 0.255 e. The highest BCUT2D eigenvalue weighted by Gasteiger charge is 2.10. The fourth-order valence-electron chi connectivity index (χ4n) is 2.88. The van der Waals surface area contributed by atoms with E-state index in [2.05, 4.69) is 40.3 Å². The number of hydrogen-bond donors (Lipinski definition) is 1. The number of unbranched alkanes of at least 4 members (excludes halogenated alkanes) is 1. The number of halogens is 1. The quantitative estimate of drug-likeness (QED) is 0.346. The minimum atomic E-state index is -0.183. The Morgan fingerprint density at radius 3 is 2.53 bits per heavy atom. The second-order valence-corrected chi connectivity index (χ2v) is 7.77. The Bertz CT molecular complexity index is 960. The number of carbonyl (C=O) groups excluding carboxylic acids is 1. The third-order valence-electron chi connectivity index (χ3n) is 4.54. The molecule has 0 aliphatic carbocycles. The summed E-state index contributed by atoms with van der Waals surface area (Å²) in [6, 6.07) is 23.0. The molecule has 3 aromatic carbocycles. The van der Waals surface area contributed by atoms with Crippen LogP contribution in [0.2, 0.25) is 0 Å². The molecule has 3 aromatic rings. The number of benzene rings is 3. The van der Waals surface area contributed by atoms with E-state index in [1.54, 1.807) is 12.1 Å². The summed E-state index contributed by atoms with van der Waals surface area (Å²) < 4.78 is 12.3. The molecule has 0 aliphatic heterocycles. The van der Waals surface area contributed by atoms with Crippen LogP contribution in [0.15, 0.2) is 77.3 Å². The number of amides is 1. The molecule has 0 aromatic heterocycles. The molecule has 4 nitrogen and oxygen atoms in total. The molecular weight excluding hydrogens is 442 g/mol. The van der Waals surface area contributed by atoms with Gasteiger partial charge in [-0.25, -0.2) is 0 Å². The van der Waals surface area contributed by atoms with Crippen LogP contribution in [0, 0.1) is 0 Å². The molecular formula is C25H26BrNO3.